The average Bonchev–Trinajstić information content (AvgIpc) is 3.09. The van der Waals surface area contributed by atoms with Gasteiger partial charge in [-0.05, 0) is 36.8 Å². The van der Waals surface area contributed by atoms with Gasteiger partial charge in [-0.2, -0.15) is 0 Å². The third kappa shape index (κ3) is 3.64. The normalized spacial score (nSPS) is 12.9. The smallest absolute Gasteiger partial charge is 0.242 e. The number of imidazole rings is 1. The minimum atomic E-state index is -3.66. The molecular formula is C16H15ClN4O2S. The van der Waals surface area contributed by atoms with E-state index in [0.29, 0.717) is 0 Å². The molecule has 0 aliphatic carbocycles. The number of aromatic nitrogens is 3. The topological polar surface area (TPSA) is 76.9 Å². The first-order chi connectivity index (χ1) is 11.5. The summed E-state index contributed by atoms with van der Waals surface area (Å²) in [6.45, 7) is 1.78. The maximum Gasteiger partial charge on any atom is 0.242 e. The molecule has 0 saturated carbocycles. The van der Waals surface area contributed by atoms with Crippen molar-refractivity contribution < 1.29 is 8.42 Å². The minimum Gasteiger partial charge on any atom is -0.306 e. The molecule has 1 atom stereocenters. The van der Waals surface area contributed by atoms with E-state index in [1.165, 1.54) is 18.3 Å². The van der Waals surface area contributed by atoms with Crippen molar-refractivity contribution in [2.75, 3.05) is 0 Å². The van der Waals surface area contributed by atoms with Crippen molar-refractivity contribution >= 4 is 21.6 Å². The van der Waals surface area contributed by atoms with E-state index in [2.05, 4.69) is 14.7 Å². The van der Waals surface area contributed by atoms with E-state index in [1.54, 1.807) is 19.4 Å². The summed E-state index contributed by atoms with van der Waals surface area (Å²) in [6.07, 6.45) is 6.48. The number of nitrogens with one attached hydrogen (secondary N) is 1. The van der Waals surface area contributed by atoms with Gasteiger partial charge in [-0.25, -0.2) is 23.1 Å². The van der Waals surface area contributed by atoms with E-state index in [9.17, 15) is 8.42 Å². The first-order valence-corrected chi connectivity index (χ1v) is 9.04. The quantitative estimate of drug-likeness (QED) is 0.708. The highest BCUT2D eigenvalue weighted by Gasteiger charge is 2.18. The van der Waals surface area contributed by atoms with Crippen LogP contribution in [0.15, 0.2) is 66.2 Å². The Morgan fingerprint density at radius 1 is 1.17 bits per heavy atom. The largest absolute Gasteiger partial charge is 0.306 e. The van der Waals surface area contributed by atoms with Crippen LogP contribution in [0.2, 0.25) is 5.15 Å². The van der Waals surface area contributed by atoms with Gasteiger partial charge in [0, 0.05) is 30.3 Å². The molecule has 3 rings (SSSR count). The zero-order valence-electron chi connectivity index (χ0n) is 12.8. The second-order valence-electron chi connectivity index (χ2n) is 5.22. The van der Waals surface area contributed by atoms with E-state index in [0.717, 1.165) is 11.3 Å². The average molecular weight is 363 g/mol. The number of sulfonamides is 1. The zero-order valence-corrected chi connectivity index (χ0v) is 14.4. The predicted octanol–water partition coefficient (Wildman–Crippen LogP) is 2.96. The summed E-state index contributed by atoms with van der Waals surface area (Å²) in [7, 11) is -3.66. The lowest BCUT2D eigenvalue weighted by atomic mass is 10.1. The van der Waals surface area contributed by atoms with Crippen LogP contribution >= 0.6 is 11.6 Å². The van der Waals surface area contributed by atoms with E-state index < -0.39 is 10.0 Å². The standard InChI is InChI=1S/C16H15ClN4O2S/c1-12(20-24(22,23)15-6-7-16(17)19-10-15)13-2-4-14(5-3-13)21-9-8-18-11-21/h2-12,20H,1H3/t12-/m0/s1. The molecule has 0 bridgehead atoms. The lowest BCUT2D eigenvalue weighted by molar-refractivity contribution is 0.566. The van der Waals surface area contributed by atoms with Gasteiger partial charge in [0.1, 0.15) is 10.0 Å². The number of nitrogens with zero attached hydrogens (tertiary/aromatic N) is 3. The predicted molar refractivity (Wildman–Crippen MR) is 91.5 cm³/mol. The fraction of sp³-hybridized carbons (Fsp3) is 0.125. The van der Waals surface area contributed by atoms with E-state index >= 15 is 0 Å². The zero-order chi connectivity index (χ0) is 17.2. The second kappa shape index (κ2) is 6.72. The molecule has 1 N–H and O–H groups in total. The summed E-state index contributed by atoms with van der Waals surface area (Å²) < 4.78 is 29.3. The van der Waals surface area contributed by atoms with Gasteiger partial charge in [0.2, 0.25) is 10.0 Å². The van der Waals surface area contributed by atoms with Gasteiger partial charge < -0.3 is 4.57 Å². The van der Waals surface area contributed by atoms with E-state index in [4.69, 9.17) is 11.6 Å². The highest BCUT2D eigenvalue weighted by atomic mass is 35.5. The molecule has 0 radical (unpaired) electrons. The molecule has 6 nitrogen and oxygen atoms in total. The Bertz CT molecular complexity index is 908. The van der Waals surface area contributed by atoms with Gasteiger partial charge in [0.05, 0.1) is 6.33 Å². The lowest BCUT2D eigenvalue weighted by Crippen LogP contribution is -2.27. The number of rotatable bonds is 5. The van der Waals surface area contributed by atoms with Crippen molar-refractivity contribution in [3.8, 4) is 5.69 Å². The number of benzene rings is 1. The Kier molecular flexibility index (Phi) is 4.66. The van der Waals surface area contributed by atoms with Crippen LogP contribution in [0.25, 0.3) is 5.69 Å². The van der Waals surface area contributed by atoms with Crippen LogP contribution in [0.3, 0.4) is 0 Å². The van der Waals surface area contributed by atoms with Gasteiger partial charge in [0.25, 0.3) is 0 Å². The van der Waals surface area contributed by atoms with Crippen molar-refractivity contribution in [3.63, 3.8) is 0 Å². The molecule has 3 aromatic rings. The Hall–Kier alpha value is -2.22. The van der Waals surface area contributed by atoms with Gasteiger partial charge in [0.15, 0.2) is 0 Å². The molecule has 0 unspecified atom stereocenters. The van der Waals surface area contributed by atoms with Crippen molar-refractivity contribution in [3.05, 3.63) is 72.0 Å². The SMILES string of the molecule is C[C@H](NS(=O)(=O)c1ccc(Cl)nc1)c1ccc(-n2ccnc2)cc1. The van der Waals surface area contributed by atoms with E-state index in [-0.39, 0.29) is 16.1 Å². The highest BCUT2D eigenvalue weighted by molar-refractivity contribution is 7.89. The third-order valence-corrected chi connectivity index (χ3v) is 5.29. The van der Waals surface area contributed by atoms with Crippen molar-refractivity contribution in [2.24, 2.45) is 0 Å². The fourth-order valence-corrected chi connectivity index (χ4v) is 3.53. The van der Waals surface area contributed by atoms with Crippen molar-refractivity contribution in [1.29, 1.82) is 0 Å². The molecule has 1 aromatic carbocycles. The molecule has 24 heavy (non-hydrogen) atoms. The molecular weight excluding hydrogens is 348 g/mol. The van der Waals surface area contributed by atoms with Crippen LogP contribution in [0.1, 0.15) is 18.5 Å². The van der Waals surface area contributed by atoms with Crippen molar-refractivity contribution in [1.82, 2.24) is 19.3 Å². The Morgan fingerprint density at radius 3 is 2.50 bits per heavy atom. The molecule has 0 fully saturated rings. The van der Waals surface area contributed by atoms with Crippen LogP contribution in [0.5, 0.6) is 0 Å². The summed E-state index contributed by atoms with van der Waals surface area (Å²) in [6, 6.07) is 10.1. The second-order valence-corrected chi connectivity index (χ2v) is 7.32. The van der Waals surface area contributed by atoms with E-state index in [1.807, 2.05) is 35.0 Å². The number of halogens is 1. The Morgan fingerprint density at radius 2 is 1.92 bits per heavy atom. The first-order valence-electron chi connectivity index (χ1n) is 7.18. The van der Waals surface area contributed by atoms with Crippen LogP contribution in [0.4, 0.5) is 0 Å². The molecule has 0 aliphatic rings. The molecule has 0 saturated heterocycles. The Balaban J connectivity index is 1.76. The maximum atomic E-state index is 12.4. The van der Waals surface area contributed by atoms with Gasteiger partial charge in [-0.15, -0.1) is 0 Å². The van der Waals surface area contributed by atoms with Gasteiger partial charge >= 0.3 is 0 Å². The number of hydrogen-bond donors (Lipinski definition) is 1. The molecule has 0 amide bonds. The van der Waals surface area contributed by atoms with Gasteiger partial charge in [-0.1, -0.05) is 23.7 Å². The van der Waals surface area contributed by atoms with Crippen LogP contribution in [0, 0.1) is 0 Å². The molecule has 0 spiro atoms. The van der Waals surface area contributed by atoms with Crippen LogP contribution in [-0.2, 0) is 10.0 Å². The summed E-state index contributed by atoms with van der Waals surface area (Å²) in [5.41, 5.74) is 1.80. The molecule has 2 aromatic heterocycles. The van der Waals surface area contributed by atoms with Crippen LogP contribution < -0.4 is 4.72 Å². The monoisotopic (exact) mass is 362 g/mol. The minimum absolute atomic E-state index is 0.0776. The van der Waals surface area contributed by atoms with Gasteiger partial charge in [-0.3, -0.25) is 0 Å². The number of hydrogen-bond acceptors (Lipinski definition) is 4. The number of pyridine rings is 1. The lowest BCUT2D eigenvalue weighted by Gasteiger charge is -2.15. The molecule has 2 heterocycles. The molecule has 0 aliphatic heterocycles. The summed E-state index contributed by atoms with van der Waals surface area (Å²) >= 11 is 5.69. The summed E-state index contributed by atoms with van der Waals surface area (Å²) in [5, 5.41) is 0.247. The molecule has 8 heteroatoms. The maximum absolute atomic E-state index is 12.4. The molecule has 124 valence electrons. The Labute approximate surface area is 145 Å². The first kappa shape index (κ1) is 16.6. The third-order valence-electron chi connectivity index (χ3n) is 3.54. The highest BCUT2D eigenvalue weighted by Crippen LogP contribution is 2.19. The summed E-state index contributed by atoms with van der Waals surface area (Å²) in [5.74, 6) is 0. The van der Waals surface area contributed by atoms with Crippen LogP contribution in [-0.4, -0.2) is 23.0 Å². The fourth-order valence-electron chi connectivity index (χ4n) is 2.24. The van der Waals surface area contributed by atoms with Crippen molar-refractivity contribution in [2.45, 2.75) is 17.9 Å². The summed E-state index contributed by atoms with van der Waals surface area (Å²) in [4.78, 5) is 7.88.